The van der Waals surface area contributed by atoms with Gasteiger partial charge in [-0.2, -0.15) is 0 Å². The van der Waals surface area contributed by atoms with E-state index in [0.717, 1.165) is 32.1 Å². The standard InChI is InChI=1S/C50H95NO3/c1-3-5-7-9-11-13-15-17-19-21-23-24-25-26-27-28-29-31-33-35-37-39-41-43-45-49(53)48(47-52)51-50(54)46-44-42-40-38-36-34-32-30-22-20-18-16-14-12-10-8-6-4-2/h14,16,20,22,43,45,48-49,52-53H,3-13,15,17-19,21,23-42,44,46-47H2,1-2H3,(H,51,54)/b16-14-,22-20-,45-43+. The Bertz CT molecular complexity index is 821. The third-order valence-electron chi connectivity index (χ3n) is 11.1. The molecule has 2 atom stereocenters. The van der Waals surface area contributed by atoms with Gasteiger partial charge >= 0.3 is 0 Å². The van der Waals surface area contributed by atoms with E-state index in [2.05, 4.69) is 43.5 Å². The highest BCUT2D eigenvalue weighted by atomic mass is 16.3. The van der Waals surface area contributed by atoms with Crippen molar-refractivity contribution in [2.45, 2.75) is 270 Å². The molecule has 0 spiro atoms. The summed E-state index contributed by atoms with van der Waals surface area (Å²) in [6.45, 7) is 4.31. The van der Waals surface area contributed by atoms with Gasteiger partial charge in [0, 0.05) is 6.42 Å². The minimum Gasteiger partial charge on any atom is -0.394 e. The summed E-state index contributed by atoms with van der Waals surface area (Å²) in [6.07, 6.45) is 61.2. The summed E-state index contributed by atoms with van der Waals surface area (Å²) in [6, 6.07) is -0.626. The molecular formula is C50H95NO3. The summed E-state index contributed by atoms with van der Waals surface area (Å²) in [4.78, 5) is 12.4. The molecule has 1 amide bonds. The molecule has 54 heavy (non-hydrogen) atoms. The van der Waals surface area contributed by atoms with Crippen LogP contribution in [0.5, 0.6) is 0 Å². The van der Waals surface area contributed by atoms with Crippen molar-refractivity contribution in [3.05, 3.63) is 36.5 Å². The molecule has 0 rings (SSSR count). The van der Waals surface area contributed by atoms with Gasteiger partial charge in [-0.1, -0.05) is 237 Å². The first-order valence-corrected chi connectivity index (χ1v) is 24.2. The van der Waals surface area contributed by atoms with Crippen LogP contribution >= 0.6 is 0 Å². The van der Waals surface area contributed by atoms with Crippen molar-refractivity contribution in [3.63, 3.8) is 0 Å². The lowest BCUT2D eigenvalue weighted by Gasteiger charge is -2.20. The lowest BCUT2D eigenvalue weighted by Crippen LogP contribution is -2.45. The average molecular weight is 758 g/mol. The van der Waals surface area contributed by atoms with E-state index in [4.69, 9.17) is 0 Å². The first kappa shape index (κ1) is 52.6. The van der Waals surface area contributed by atoms with Crippen LogP contribution in [-0.4, -0.2) is 34.9 Å². The number of carbonyl (C=O) groups is 1. The molecule has 0 fully saturated rings. The molecule has 318 valence electrons. The van der Waals surface area contributed by atoms with Crippen LogP contribution in [0.15, 0.2) is 36.5 Å². The van der Waals surface area contributed by atoms with Crippen LogP contribution in [-0.2, 0) is 4.79 Å². The molecule has 0 saturated carbocycles. The van der Waals surface area contributed by atoms with Gasteiger partial charge in [0.15, 0.2) is 0 Å². The predicted octanol–water partition coefficient (Wildman–Crippen LogP) is 15.4. The number of unbranched alkanes of at least 4 members (excludes halogenated alkanes) is 33. The molecule has 3 N–H and O–H groups in total. The Labute approximate surface area is 338 Å². The van der Waals surface area contributed by atoms with Crippen molar-refractivity contribution >= 4 is 5.91 Å². The molecule has 2 unspecified atom stereocenters. The van der Waals surface area contributed by atoms with Crippen molar-refractivity contribution in [1.29, 1.82) is 0 Å². The second-order valence-corrected chi connectivity index (χ2v) is 16.5. The lowest BCUT2D eigenvalue weighted by molar-refractivity contribution is -0.123. The molecule has 0 heterocycles. The van der Waals surface area contributed by atoms with Crippen LogP contribution in [0, 0.1) is 0 Å². The third-order valence-corrected chi connectivity index (χ3v) is 11.1. The second-order valence-electron chi connectivity index (χ2n) is 16.5. The summed E-state index contributed by atoms with van der Waals surface area (Å²) in [7, 11) is 0. The molecule has 0 radical (unpaired) electrons. The molecule has 0 aliphatic heterocycles. The van der Waals surface area contributed by atoms with Crippen molar-refractivity contribution in [3.8, 4) is 0 Å². The van der Waals surface area contributed by atoms with Crippen LogP contribution in [0.1, 0.15) is 258 Å². The SMILES string of the molecule is CCCCCC/C=C\C/C=C\CCCCCCCCCC(=O)NC(CO)C(O)/C=C/CCCCCCCCCCCCCCCCCCCCCCCC. The van der Waals surface area contributed by atoms with Crippen molar-refractivity contribution in [2.75, 3.05) is 6.61 Å². The number of aliphatic hydroxyl groups is 2. The second kappa shape index (κ2) is 46.0. The maximum absolute atomic E-state index is 12.4. The number of hydrogen-bond acceptors (Lipinski definition) is 3. The van der Waals surface area contributed by atoms with E-state index in [0.29, 0.717) is 6.42 Å². The highest BCUT2D eigenvalue weighted by molar-refractivity contribution is 5.76. The highest BCUT2D eigenvalue weighted by Crippen LogP contribution is 2.16. The summed E-state index contributed by atoms with van der Waals surface area (Å²) >= 11 is 0. The fraction of sp³-hybridized carbons (Fsp3) is 0.860. The summed E-state index contributed by atoms with van der Waals surface area (Å²) < 4.78 is 0. The molecule has 0 aliphatic carbocycles. The Hall–Kier alpha value is -1.39. The topological polar surface area (TPSA) is 69.6 Å². The van der Waals surface area contributed by atoms with Crippen LogP contribution in [0.25, 0.3) is 0 Å². The Morgan fingerprint density at radius 3 is 1.13 bits per heavy atom. The predicted molar refractivity (Wildman–Crippen MR) is 239 cm³/mol. The third kappa shape index (κ3) is 41.8. The van der Waals surface area contributed by atoms with E-state index in [1.54, 1.807) is 6.08 Å². The van der Waals surface area contributed by atoms with Crippen LogP contribution in [0.3, 0.4) is 0 Å². The zero-order valence-corrected chi connectivity index (χ0v) is 36.5. The number of amides is 1. The van der Waals surface area contributed by atoms with Crippen LogP contribution in [0.4, 0.5) is 0 Å². The number of carbonyl (C=O) groups excluding carboxylic acids is 1. The highest BCUT2D eigenvalue weighted by Gasteiger charge is 2.17. The van der Waals surface area contributed by atoms with E-state index in [1.165, 1.54) is 205 Å². The van der Waals surface area contributed by atoms with Crippen molar-refractivity contribution in [2.24, 2.45) is 0 Å². The van der Waals surface area contributed by atoms with Crippen LogP contribution in [0.2, 0.25) is 0 Å². The molecule has 0 saturated heterocycles. The van der Waals surface area contributed by atoms with Gasteiger partial charge in [0.1, 0.15) is 0 Å². The quantitative estimate of drug-likeness (QED) is 0.0428. The minimum absolute atomic E-state index is 0.0702. The smallest absolute Gasteiger partial charge is 0.220 e. The normalized spacial score (nSPS) is 13.2. The summed E-state index contributed by atoms with van der Waals surface area (Å²) in [5, 5.41) is 23.1. The van der Waals surface area contributed by atoms with Crippen LogP contribution < -0.4 is 5.32 Å². The Balaban J connectivity index is 3.53. The molecular weight excluding hydrogens is 663 g/mol. The van der Waals surface area contributed by atoms with Crippen molar-refractivity contribution < 1.29 is 15.0 Å². The van der Waals surface area contributed by atoms with Crippen molar-refractivity contribution in [1.82, 2.24) is 5.32 Å². The number of hydrogen-bond donors (Lipinski definition) is 3. The molecule has 0 aromatic rings. The van der Waals surface area contributed by atoms with Gasteiger partial charge in [0.05, 0.1) is 18.8 Å². The van der Waals surface area contributed by atoms with E-state index < -0.39 is 12.1 Å². The van der Waals surface area contributed by atoms with Gasteiger partial charge in [-0.3, -0.25) is 4.79 Å². The zero-order valence-electron chi connectivity index (χ0n) is 36.5. The van der Waals surface area contributed by atoms with Gasteiger partial charge in [-0.05, 0) is 51.4 Å². The van der Waals surface area contributed by atoms with Gasteiger partial charge in [0.25, 0.3) is 0 Å². The average Bonchev–Trinajstić information content (AvgIpc) is 3.18. The molecule has 0 aromatic carbocycles. The summed E-state index contributed by atoms with van der Waals surface area (Å²) in [5.74, 6) is -0.0702. The fourth-order valence-corrected chi connectivity index (χ4v) is 7.39. The monoisotopic (exact) mass is 758 g/mol. The molecule has 4 heteroatoms. The molecule has 4 nitrogen and oxygen atoms in total. The van der Waals surface area contributed by atoms with E-state index >= 15 is 0 Å². The number of allylic oxidation sites excluding steroid dienone is 5. The number of aliphatic hydroxyl groups excluding tert-OH is 2. The molecule has 0 aromatic heterocycles. The molecule has 0 bridgehead atoms. The maximum atomic E-state index is 12.4. The fourth-order valence-electron chi connectivity index (χ4n) is 7.39. The Morgan fingerprint density at radius 2 is 0.759 bits per heavy atom. The van der Waals surface area contributed by atoms with E-state index in [-0.39, 0.29) is 12.5 Å². The summed E-state index contributed by atoms with van der Waals surface area (Å²) in [5.41, 5.74) is 0. The van der Waals surface area contributed by atoms with E-state index in [9.17, 15) is 15.0 Å². The van der Waals surface area contributed by atoms with Gasteiger partial charge < -0.3 is 15.5 Å². The first-order chi connectivity index (χ1) is 26.7. The zero-order chi connectivity index (χ0) is 39.3. The lowest BCUT2D eigenvalue weighted by atomic mass is 10.0. The van der Waals surface area contributed by atoms with Gasteiger partial charge in [0.2, 0.25) is 5.91 Å². The number of nitrogens with one attached hydrogen (secondary N) is 1. The van der Waals surface area contributed by atoms with Gasteiger partial charge in [-0.25, -0.2) is 0 Å². The first-order valence-electron chi connectivity index (χ1n) is 24.2. The minimum atomic E-state index is -0.842. The number of rotatable bonds is 44. The molecule has 0 aliphatic rings. The maximum Gasteiger partial charge on any atom is 0.220 e. The Morgan fingerprint density at radius 1 is 0.444 bits per heavy atom. The van der Waals surface area contributed by atoms with Gasteiger partial charge in [-0.15, -0.1) is 0 Å². The largest absolute Gasteiger partial charge is 0.394 e. The Kier molecular flexibility index (Phi) is 44.8. The van der Waals surface area contributed by atoms with E-state index in [1.807, 2.05) is 6.08 Å².